The second-order valence-corrected chi connectivity index (χ2v) is 7.00. The molecule has 2 unspecified atom stereocenters. The van der Waals surface area contributed by atoms with E-state index in [1.165, 1.54) is 32.2 Å². The second kappa shape index (κ2) is 6.89. The predicted octanol–water partition coefficient (Wildman–Crippen LogP) is 1.83. The summed E-state index contributed by atoms with van der Waals surface area (Å²) in [7, 11) is 4.45. The van der Waals surface area contributed by atoms with Crippen LogP contribution in [0.25, 0.3) is 0 Å². The Morgan fingerprint density at radius 1 is 1.40 bits per heavy atom. The normalized spacial score (nSPS) is 26.6. The molecular formula is C16H30N4. The van der Waals surface area contributed by atoms with E-state index in [-0.39, 0.29) is 5.54 Å². The molecular weight excluding hydrogens is 248 g/mol. The molecule has 2 fully saturated rings. The van der Waals surface area contributed by atoms with Crippen LogP contribution in [0, 0.1) is 11.3 Å². The molecule has 0 aromatic rings. The van der Waals surface area contributed by atoms with Crippen molar-refractivity contribution < 1.29 is 0 Å². The Bertz CT molecular complexity index is 347. The summed E-state index contributed by atoms with van der Waals surface area (Å²) < 4.78 is 0. The summed E-state index contributed by atoms with van der Waals surface area (Å²) in [5.74, 6) is 0. The van der Waals surface area contributed by atoms with Gasteiger partial charge in [-0.1, -0.05) is 0 Å². The molecule has 1 N–H and O–H groups in total. The average Bonchev–Trinajstić information content (AvgIpc) is 3.12. The topological polar surface area (TPSA) is 42.3 Å². The maximum atomic E-state index is 9.36. The van der Waals surface area contributed by atoms with Crippen molar-refractivity contribution in [3.63, 3.8) is 0 Å². The highest BCUT2D eigenvalue weighted by Gasteiger charge is 2.32. The van der Waals surface area contributed by atoms with Gasteiger partial charge in [-0.2, -0.15) is 5.26 Å². The zero-order valence-electron chi connectivity index (χ0n) is 13.4. The van der Waals surface area contributed by atoms with E-state index in [2.05, 4.69) is 42.2 Å². The van der Waals surface area contributed by atoms with Crippen molar-refractivity contribution in [3.8, 4) is 6.07 Å². The van der Waals surface area contributed by atoms with E-state index in [0.717, 1.165) is 32.0 Å². The van der Waals surface area contributed by atoms with Crippen LogP contribution in [0.15, 0.2) is 0 Å². The SMILES string of the molecule is CN(CCCC(C)(C#N)NC1CC1)CC1CCCN1C. The molecule has 0 bridgehead atoms. The lowest BCUT2D eigenvalue weighted by Crippen LogP contribution is -2.43. The fourth-order valence-electron chi connectivity index (χ4n) is 3.20. The van der Waals surface area contributed by atoms with E-state index in [4.69, 9.17) is 0 Å². The minimum Gasteiger partial charge on any atom is -0.305 e. The van der Waals surface area contributed by atoms with E-state index in [1.54, 1.807) is 0 Å². The fraction of sp³-hybridized carbons (Fsp3) is 0.938. The van der Waals surface area contributed by atoms with Crippen LogP contribution < -0.4 is 5.32 Å². The summed E-state index contributed by atoms with van der Waals surface area (Å²) in [4.78, 5) is 4.91. The van der Waals surface area contributed by atoms with E-state index in [1.807, 2.05) is 0 Å². The van der Waals surface area contributed by atoms with Crippen molar-refractivity contribution in [1.29, 1.82) is 5.26 Å². The zero-order valence-corrected chi connectivity index (χ0v) is 13.4. The monoisotopic (exact) mass is 278 g/mol. The smallest absolute Gasteiger partial charge is 0.104 e. The molecule has 2 atom stereocenters. The van der Waals surface area contributed by atoms with Crippen LogP contribution in [0.5, 0.6) is 0 Å². The average molecular weight is 278 g/mol. The van der Waals surface area contributed by atoms with Gasteiger partial charge < -0.3 is 9.80 Å². The van der Waals surface area contributed by atoms with E-state index in [0.29, 0.717) is 6.04 Å². The largest absolute Gasteiger partial charge is 0.305 e. The number of nitriles is 1. The van der Waals surface area contributed by atoms with E-state index in [9.17, 15) is 5.26 Å². The van der Waals surface area contributed by atoms with Crippen LogP contribution in [0.2, 0.25) is 0 Å². The van der Waals surface area contributed by atoms with Crippen LogP contribution in [0.3, 0.4) is 0 Å². The van der Waals surface area contributed by atoms with Gasteiger partial charge in [0.05, 0.1) is 6.07 Å². The Balaban J connectivity index is 1.64. The number of likely N-dealkylation sites (tertiary alicyclic amines) is 1. The van der Waals surface area contributed by atoms with Gasteiger partial charge in [0.15, 0.2) is 0 Å². The van der Waals surface area contributed by atoms with Crippen molar-refractivity contribution in [3.05, 3.63) is 0 Å². The minimum atomic E-state index is -0.327. The van der Waals surface area contributed by atoms with Crippen LogP contribution in [0.1, 0.15) is 45.4 Å². The number of hydrogen-bond acceptors (Lipinski definition) is 4. The Morgan fingerprint density at radius 3 is 2.70 bits per heavy atom. The Labute approximate surface area is 124 Å². The highest BCUT2D eigenvalue weighted by atomic mass is 15.2. The fourth-order valence-corrected chi connectivity index (χ4v) is 3.20. The van der Waals surface area contributed by atoms with Crippen molar-refractivity contribution in [1.82, 2.24) is 15.1 Å². The molecule has 0 spiro atoms. The van der Waals surface area contributed by atoms with Crippen molar-refractivity contribution >= 4 is 0 Å². The highest BCUT2D eigenvalue weighted by Crippen LogP contribution is 2.24. The van der Waals surface area contributed by atoms with Crippen molar-refractivity contribution in [2.75, 3.05) is 33.7 Å². The van der Waals surface area contributed by atoms with Crippen LogP contribution >= 0.6 is 0 Å². The Hall–Kier alpha value is -0.630. The predicted molar refractivity (Wildman–Crippen MR) is 82.6 cm³/mol. The molecule has 1 aliphatic heterocycles. The van der Waals surface area contributed by atoms with Gasteiger partial charge in [0, 0.05) is 18.6 Å². The summed E-state index contributed by atoms with van der Waals surface area (Å²) in [6.07, 6.45) is 7.20. The molecule has 1 aliphatic carbocycles. The van der Waals surface area contributed by atoms with Crippen LogP contribution in [-0.2, 0) is 0 Å². The number of hydrogen-bond donors (Lipinski definition) is 1. The summed E-state index contributed by atoms with van der Waals surface area (Å²) in [6, 6.07) is 3.80. The molecule has 0 aromatic heterocycles. The second-order valence-electron chi connectivity index (χ2n) is 7.00. The molecule has 2 aliphatic rings. The van der Waals surface area contributed by atoms with Gasteiger partial charge in [-0.25, -0.2) is 0 Å². The third kappa shape index (κ3) is 4.73. The Morgan fingerprint density at radius 2 is 2.15 bits per heavy atom. The van der Waals surface area contributed by atoms with Crippen molar-refractivity contribution in [2.45, 2.75) is 63.1 Å². The molecule has 0 aromatic carbocycles. The molecule has 2 rings (SSSR count). The number of likely N-dealkylation sites (N-methyl/N-ethyl adjacent to an activating group) is 2. The first-order chi connectivity index (χ1) is 9.52. The maximum absolute atomic E-state index is 9.36. The quantitative estimate of drug-likeness (QED) is 0.735. The van der Waals surface area contributed by atoms with Gasteiger partial charge in [0.1, 0.15) is 5.54 Å². The van der Waals surface area contributed by atoms with Gasteiger partial charge in [-0.05, 0) is 72.6 Å². The summed E-state index contributed by atoms with van der Waals surface area (Å²) in [5.41, 5.74) is -0.327. The molecule has 1 saturated heterocycles. The molecule has 0 radical (unpaired) electrons. The summed E-state index contributed by atoms with van der Waals surface area (Å²) in [6.45, 7) is 5.55. The molecule has 114 valence electrons. The lowest BCUT2D eigenvalue weighted by Gasteiger charge is -2.27. The van der Waals surface area contributed by atoms with Crippen molar-refractivity contribution in [2.24, 2.45) is 0 Å². The molecule has 20 heavy (non-hydrogen) atoms. The lowest BCUT2D eigenvalue weighted by molar-refractivity contribution is 0.214. The zero-order chi connectivity index (χ0) is 14.6. The molecule has 4 heteroatoms. The highest BCUT2D eigenvalue weighted by molar-refractivity contribution is 5.07. The minimum absolute atomic E-state index is 0.327. The molecule has 4 nitrogen and oxygen atoms in total. The van der Waals surface area contributed by atoms with Gasteiger partial charge >= 0.3 is 0 Å². The number of nitrogens with zero attached hydrogens (tertiary/aromatic N) is 3. The lowest BCUT2D eigenvalue weighted by atomic mass is 9.97. The third-order valence-electron chi connectivity index (χ3n) is 4.76. The van der Waals surface area contributed by atoms with E-state index >= 15 is 0 Å². The first-order valence-electron chi connectivity index (χ1n) is 8.10. The summed E-state index contributed by atoms with van der Waals surface area (Å²) in [5, 5.41) is 12.8. The first-order valence-corrected chi connectivity index (χ1v) is 8.10. The standard InChI is InChI=1S/C16H30N4/c1-16(13-17,18-14-7-8-14)9-5-10-19(2)12-15-6-4-11-20(15)3/h14-15,18H,4-12H2,1-3H3. The number of nitrogens with one attached hydrogen (secondary N) is 1. The van der Waals surface area contributed by atoms with Gasteiger partial charge in [0.2, 0.25) is 0 Å². The van der Waals surface area contributed by atoms with Crippen LogP contribution in [0.4, 0.5) is 0 Å². The van der Waals surface area contributed by atoms with Gasteiger partial charge in [0.25, 0.3) is 0 Å². The molecule has 1 saturated carbocycles. The number of rotatable bonds is 8. The third-order valence-corrected chi connectivity index (χ3v) is 4.76. The van der Waals surface area contributed by atoms with Gasteiger partial charge in [-0.15, -0.1) is 0 Å². The maximum Gasteiger partial charge on any atom is 0.104 e. The van der Waals surface area contributed by atoms with Crippen LogP contribution in [-0.4, -0.2) is 61.2 Å². The first kappa shape index (κ1) is 15.8. The Kier molecular flexibility index (Phi) is 5.42. The van der Waals surface area contributed by atoms with E-state index < -0.39 is 0 Å². The summed E-state index contributed by atoms with van der Waals surface area (Å²) >= 11 is 0. The van der Waals surface area contributed by atoms with Gasteiger partial charge in [-0.3, -0.25) is 5.32 Å². The molecule has 0 amide bonds. The molecule has 1 heterocycles.